The van der Waals surface area contributed by atoms with Gasteiger partial charge in [0.05, 0.1) is 18.7 Å². The van der Waals surface area contributed by atoms with Crippen molar-refractivity contribution in [2.75, 3.05) is 27.7 Å². The summed E-state index contributed by atoms with van der Waals surface area (Å²) in [6.07, 6.45) is 5.80. The maximum absolute atomic E-state index is 14.1. The van der Waals surface area contributed by atoms with Gasteiger partial charge in [0.1, 0.15) is 18.1 Å². The van der Waals surface area contributed by atoms with Gasteiger partial charge >= 0.3 is 0 Å². The minimum absolute atomic E-state index is 0.0440. The molecule has 1 aromatic rings. The molecule has 64 heavy (non-hydrogen) atoms. The number of carbonyl (C=O) groups is 6. The molecule has 8 atom stereocenters. The molecule has 0 aromatic heterocycles. The molecule has 12 nitrogen and oxygen atoms in total. The predicted molar refractivity (Wildman–Crippen MR) is 263 cm³/mol. The lowest BCUT2D eigenvalue weighted by molar-refractivity contribution is -0.147. The van der Waals surface area contributed by atoms with Crippen molar-refractivity contribution < 1.29 is 33.2 Å². The fourth-order valence-corrected chi connectivity index (χ4v) is 8.77. The summed E-state index contributed by atoms with van der Waals surface area (Å²) in [6, 6.07) is 3.20. The topological polar surface area (TPSA) is 145 Å². The van der Waals surface area contributed by atoms with Crippen molar-refractivity contribution in [3.05, 3.63) is 58.1 Å². The Morgan fingerprint density at radius 1 is 0.828 bits per heavy atom. The SMILES string of the molecule is C/C=C(\C)[C@@H](O[Si](C)(C)C(C)(C)C)[C@@H](C)[C@@H](C)C/C=C(\C)C(=O)N(C)[C@H](CC(C)C)C(=O)N[C@@H](C)C(=O)N(C)[C@H](Cc1ccc(Cl)cc1)C(=O)N(C)CC(=O)NC(C(C)=O)[C@@H](C)CC. The zero-order chi connectivity index (χ0) is 49.6. The summed E-state index contributed by atoms with van der Waals surface area (Å²) in [7, 11) is 2.51. The molecule has 0 heterocycles. The molecule has 0 saturated heterocycles. The molecule has 1 unspecified atom stereocenters. The Morgan fingerprint density at radius 3 is 1.88 bits per heavy atom. The first kappa shape index (κ1) is 58.2. The maximum Gasteiger partial charge on any atom is 0.249 e. The van der Waals surface area contributed by atoms with Crippen molar-refractivity contribution in [1.82, 2.24) is 25.3 Å². The zero-order valence-corrected chi connectivity index (χ0v) is 44.5. The number of hydrogen-bond acceptors (Lipinski definition) is 7. The second-order valence-electron chi connectivity index (χ2n) is 20.1. The largest absolute Gasteiger partial charge is 0.410 e. The van der Waals surface area contributed by atoms with Gasteiger partial charge in [-0.3, -0.25) is 28.8 Å². The quantitative estimate of drug-likeness (QED) is 0.0600. The van der Waals surface area contributed by atoms with Crippen molar-refractivity contribution >= 4 is 55.2 Å². The highest BCUT2D eigenvalue weighted by Gasteiger charge is 2.41. The molecular weight excluding hydrogens is 846 g/mol. The van der Waals surface area contributed by atoms with E-state index in [-0.39, 0.29) is 59.5 Å². The molecule has 0 aliphatic heterocycles. The second-order valence-corrected chi connectivity index (χ2v) is 25.3. The van der Waals surface area contributed by atoms with Crippen LogP contribution in [0, 0.1) is 23.7 Å². The molecule has 2 N–H and O–H groups in total. The van der Waals surface area contributed by atoms with Crippen LogP contribution in [0.15, 0.2) is 47.6 Å². The van der Waals surface area contributed by atoms with Crippen molar-refractivity contribution in [2.45, 2.75) is 171 Å². The van der Waals surface area contributed by atoms with E-state index in [1.54, 1.807) is 45.2 Å². The van der Waals surface area contributed by atoms with Gasteiger partial charge < -0.3 is 29.8 Å². The lowest BCUT2D eigenvalue weighted by Crippen LogP contribution is -2.57. The number of halogens is 1. The second kappa shape index (κ2) is 25.8. The Labute approximate surface area is 392 Å². The average Bonchev–Trinajstić information content (AvgIpc) is 3.22. The summed E-state index contributed by atoms with van der Waals surface area (Å²) in [5, 5.41) is 6.17. The third kappa shape index (κ3) is 17.2. The molecule has 0 bridgehead atoms. The standard InChI is InChI=1S/C50H84ClN5O7Si/c1-20-32(5)44(38(11)57)53-43(58)30-54(15)49(62)42(29-39-24-26-40(51)27-25-39)56(17)48(61)37(10)52-46(59)41(28-31(3)4)55(16)47(60)35(8)23-22-34(7)36(9)45(33(6)21-2)63-64(18,19)50(12,13)14/h21,23-27,31-32,34,36-37,41-42,44-45H,20,22,28-30H2,1-19H3,(H,52,59)(H,53,58)/b33-21+,35-23+/t32-,34-,36-,37-,41+,42+,44?,45+/m0/s1. The number of nitrogens with one attached hydrogen (secondary N) is 2. The van der Waals surface area contributed by atoms with Crippen LogP contribution in [0.1, 0.15) is 122 Å². The summed E-state index contributed by atoms with van der Waals surface area (Å²) in [4.78, 5) is 85.7. The number of hydrogen-bond donors (Lipinski definition) is 2. The van der Waals surface area contributed by atoms with Crippen molar-refractivity contribution in [2.24, 2.45) is 23.7 Å². The van der Waals surface area contributed by atoms with Gasteiger partial charge in [0.2, 0.25) is 29.5 Å². The van der Waals surface area contributed by atoms with Gasteiger partial charge in [0, 0.05) is 38.2 Å². The first-order chi connectivity index (χ1) is 29.4. The van der Waals surface area contributed by atoms with Crippen LogP contribution in [0.2, 0.25) is 23.2 Å². The highest BCUT2D eigenvalue weighted by molar-refractivity contribution is 6.74. The van der Waals surface area contributed by atoms with Crippen LogP contribution >= 0.6 is 11.6 Å². The number of allylic oxidation sites excluding steroid dienone is 2. The van der Waals surface area contributed by atoms with Gasteiger partial charge in [-0.2, -0.15) is 0 Å². The van der Waals surface area contributed by atoms with E-state index in [1.807, 2.05) is 40.7 Å². The van der Waals surface area contributed by atoms with Crippen LogP contribution in [0.25, 0.3) is 0 Å². The Morgan fingerprint density at radius 2 is 1.39 bits per heavy atom. The lowest BCUT2D eigenvalue weighted by atomic mass is 9.85. The van der Waals surface area contributed by atoms with E-state index < -0.39 is 56.1 Å². The molecule has 0 radical (unpaired) electrons. The number of nitrogens with zero attached hydrogens (tertiary/aromatic N) is 3. The molecule has 14 heteroatoms. The van der Waals surface area contributed by atoms with E-state index in [4.69, 9.17) is 16.0 Å². The Kier molecular flexibility index (Phi) is 23.4. The highest BCUT2D eigenvalue weighted by atomic mass is 35.5. The van der Waals surface area contributed by atoms with E-state index in [2.05, 4.69) is 71.3 Å². The first-order valence-electron chi connectivity index (χ1n) is 23.0. The molecule has 1 aromatic carbocycles. The van der Waals surface area contributed by atoms with Crippen molar-refractivity contribution in [3.8, 4) is 0 Å². The van der Waals surface area contributed by atoms with Gasteiger partial charge in [-0.15, -0.1) is 0 Å². The Bertz CT molecular complexity index is 1810. The summed E-state index contributed by atoms with van der Waals surface area (Å²) in [5.74, 6) is -2.17. The highest BCUT2D eigenvalue weighted by Crippen LogP contribution is 2.40. The van der Waals surface area contributed by atoms with Crippen molar-refractivity contribution in [1.29, 1.82) is 0 Å². The molecule has 0 fully saturated rings. The molecule has 362 valence electrons. The fourth-order valence-electron chi connectivity index (χ4n) is 7.25. The lowest BCUT2D eigenvalue weighted by Gasteiger charge is -2.42. The van der Waals surface area contributed by atoms with E-state index >= 15 is 0 Å². The molecule has 0 aliphatic carbocycles. The van der Waals surface area contributed by atoms with E-state index in [0.717, 1.165) is 5.56 Å². The number of amides is 5. The van der Waals surface area contributed by atoms with Crippen molar-refractivity contribution in [3.63, 3.8) is 0 Å². The third-order valence-electron chi connectivity index (χ3n) is 13.3. The van der Waals surface area contributed by atoms with E-state index in [1.165, 1.54) is 41.3 Å². The number of benzene rings is 1. The van der Waals surface area contributed by atoms with Gasteiger partial charge in [0.15, 0.2) is 14.1 Å². The number of rotatable bonds is 24. The number of ketones is 1. The first-order valence-corrected chi connectivity index (χ1v) is 26.3. The molecule has 1 rings (SSSR count). The monoisotopic (exact) mass is 930 g/mol. The van der Waals surface area contributed by atoms with Crippen LogP contribution in [0.4, 0.5) is 0 Å². The van der Waals surface area contributed by atoms with Crippen LogP contribution in [0.3, 0.4) is 0 Å². The van der Waals surface area contributed by atoms with Crippen LogP contribution in [0.5, 0.6) is 0 Å². The van der Waals surface area contributed by atoms with Gasteiger partial charge in [0.25, 0.3) is 0 Å². The smallest absolute Gasteiger partial charge is 0.249 e. The Balaban J connectivity index is 3.32. The molecule has 5 amide bonds. The number of Topliss-reactive ketones (excluding diaryl/α,β-unsaturated/α-hetero) is 1. The average molecular weight is 931 g/mol. The van der Waals surface area contributed by atoms with Crippen LogP contribution in [-0.2, 0) is 39.6 Å². The van der Waals surface area contributed by atoms with Gasteiger partial charge in [-0.1, -0.05) is 105 Å². The molecule has 0 saturated carbocycles. The minimum Gasteiger partial charge on any atom is -0.410 e. The van der Waals surface area contributed by atoms with Gasteiger partial charge in [-0.05, 0) is 113 Å². The summed E-state index contributed by atoms with van der Waals surface area (Å²) >= 11 is 6.15. The third-order valence-corrected chi connectivity index (χ3v) is 18.0. The van der Waals surface area contributed by atoms with E-state index in [0.29, 0.717) is 29.9 Å². The van der Waals surface area contributed by atoms with E-state index in [9.17, 15) is 28.8 Å². The normalized spacial score (nSPS) is 16.4. The summed E-state index contributed by atoms with van der Waals surface area (Å²) in [6.45, 7) is 32.0. The summed E-state index contributed by atoms with van der Waals surface area (Å²) in [5.41, 5.74) is 2.44. The summed E-state index contributed by atoms with van der Waals surface area (Å²) < 4.78 is 6.95. The maximum atomic E-state index is 14.1. The fraction of sp³-hybridized carbons (Fsp3) is 0.680. The molecule has 0 spiro atoms. The molecular formula is C50H84ClN5O7Si. The van der Waals surface area contributed by atoms with Crippen LogP contribution < -0.4 is 10.6 Å². The minimum atomic E-state index is -2.07. The number of likely N-dealkylation sites (N-methyl/N-ethyl adjacent to an activating group) is 3. The molecule has 0 aliphatic rings. The number of carbonyl (C=O) groups excluding carboxylic acids is 6. The van der Waals surface area contributed by atoms with Gasteiger partial charge in [-0.25, -0.2) is 0 Å². The van der Waals surface area contributed by atoms with Crippen LogP contribution in [-0.4, -0.2) is 116 Å². The Hall–Kier alpha value is -3.81. The zero-order valence-electron chi connectivity index (χ0n) is 42.8. The predicted octanol–water partition coefficient (Wildman–Crippen LogP) is 8.63.